The molecule has 1 fully saturated rings. The predicted octanol–water partition coefficient (Wildman–Crippen LogP) is 3.07. The van der Waals surface area contributed by atoms with Gasteiger partial charge in [-0.2, -0.15) is 0 Å². The van der Waals surface area contributed by atoms with Crippen LogP contribution in [0.25, 0.3) is 10.9 Å². The van der Waals surface area contributed by atoms with Gasteiger partial charge in [-0.3, -0.25) is 4.79 Å². The maximum absolute atomic E-state index is 13.5. The van der Waals surface area contributed by atoms with Gasteiger partial charge in [-0.1, -0.05) is 12.1 Å². The maximum atomic E-state index is 13.5. The molecule has 1 saturated heterocycles. The van der Waals surface area contributed by atoms with Gasteiger partial charge in [-0.25, -0.2) is 4.98 Å². The zero-order chi connectivity index (χ0) is 20.7. The molecule has 1 atom stereocenters. The summed E-state index contributed by atoms with van der Waals surface area (Å²) in [5.74, 6) is 1.26. The van der Waals surface area contributed by atoms with E-state index in [0.29, 0.717) is 44.4 Å². The number of nitrogen functional groups attached to an aromatic ring is 1. The molecule has 3 heterocycles. The van der Waals surface area contributed by atoms with Crippen LogP contribution in [-0.2, 0) is 22.7 Å². The minimum absolute atomic E-state index is 0.0227. The van der Waals surface area contributed by atoms with Gasteiger partial charge in [0.2, 0.25) is 0 Å². The van der Waals surface area contributed by atoms with Crippen molar-refractivity contribution in [3.8, 4) is 5.75 Å². The zero-order valence-electron chi connectivity index (χ0n) is 16.8. The number of pyridine rings is 1. The average Bonchev–Trinajstić information content (AvgIpc) is 3.30. The minimum atomic E-state index is -0.147. The third-order valence-electron chi connectivity index (χ3n) is 5.87. The van der Waals surface area contributed by atoms with Crippen molar-refractivity contribution in [2.45, 2.75) is 19.3 Å². The van der Waals surface area contributed by atoms with Gasteiger partial charge >= 0.3 is 0 Å². The van der Waals surface area contributed by atoms with E-state index in [1.54, 1.807) is 7.11 Å². The molecule has 1 aromatic heterocycles. The first-order chi connectivity index (χ1) is 14.7. The van der Waals surface area contributed by atoms with Crippen LogP contribution >= 0.6 is 0 Å². The Kier molecular flexibility index (Phi) is 4.77. The fourth-order valence-corrected chi connectivity index (χ4v) is 4.22. The lowest BCUT2D eigenvalue weighted by molar-refractivity contribution is -0.00269. The molecular formula is C23H23N3O4. The number of benzene rings is 2. The highest BCUT2D eigenvalue weighted by atomic mass is 16.5. The lowest BCUT2D eigenvalue weighted by Crippen LogP contribution is -2.43. The van der Waals surface area contributed by atoms with Gasteiger partial charge in [-0.15, -0.1) is 0 Å². The molecule has 0 radical (unpaired) electrons. The van der Waals surface area contributed by atoms with Crippen molar-refractivity contribution in [2.75, 3.05) is 32.6 Å². The summed E-state index contributed by atoms with van der Waals surface area (Å²) in [6.07, 6.45) is 0. The van der Waals surface area contributed by atoms with Gasteiger partial charge in [0, 0.05) is 23.1 Å². The molecule has 154 valence electrons. The van der Waals surface area contributed by atoms with E-state index in [2.05, 4.69) is 4.98 Å². The molecule has 1 unspecified atom stereocenters. The molecule has 7 heteroatoms. The Labute approximate surface area is 174 Å². The van der Waals surface area contributed by atoms with Crippen molar-refractivity contribution in [3.05, 3.63) is 64.7 Å². The largest absolute Gasteiger partial charge is 0.497 e. The second kappa shape index (κ2) is 7.59. The van der Waals surface area contributed by atoms with Crippen LogP contribution in [0.4, 0.5) is 5.82 Å². The number of hydrogen-bond donors (Lipinski definition) is 1. The van der Waals surface area contributed by atoms with Crippen molar-refractivity contribution in [3.63, 3.8) is 0 Å². The summed E-state index contributed by atoms with van der Waals surface area (Å²) in [6, 6.07) is 13.2. The van der Waals surface area contributed by atoms with Gasteiger partial charge in [0.25, 0.3) is 5.91 Å². The quantitative estimate of drug-likeness (QED) is 0.721. The first kappa shape index (κ1) is 18.8. The summed E-state index contributed by atoms with van der Waals surface area (Å²) < 4.78 is 16.5. The molecule has 5 rings (SSSR count). The molecule has 0 aliphatic carbocycles. The first-order valence-corrected chi connectivity index (χ1v) is 9.97. The van der Waals surface area contributed by atoms with Crippen LogP contribution in [0.3, 0.4) is 0 Å². The Morgan fingerprint density at radius 3 is 2.73 bits per heavy atom. The topological polar surface area (TPSA) is 86.9 Å². The number of amides is 1. The number of morpholine rings is 1. The normalized spacial score (nSPS) is 18.4. The fraction of sp³-hybridized carbons (Fsp3) is 0.304. The molecule has 0 spiro atoms. The number of carbonyl (C=O) groups is 1. The van der Waals surface area contributed by atoms with E-state index in [9.17, 15) is 4.79 Å². The fourth-order valence-electron chi connectivity index (χ4n) is 4.22. The number of anilines is 1. The predicted molar refractivity (Wildman–Crippen MR) is 112 cm³/mol. The van der Waals surface area contributed by atoms with Crippen LogP contribution in [0, 0.1) is 0 Å². The molecule has 3 aromatic rings. The van der Waals surface area contributed by atoms with Gasteiger partial charge in [0.15, 0.2) is 0 Å². The monoisotopic (exact) mass is 405 g/mol. The number of methoxy groups -OCH3 is 1. The van der Waals surface area contributed by atoms with Crippen LogP contribution < -0.4 is 10.5 Å². The summed E-state index contributed by atoms with van der Waals surface area (Å²) in [5.41, 5.74) is 10.5. The molecule has 1 amide bonds. The molecule has 2 aromatic carbocycles. The van der Waals surface area contributed by atoms with Crippen LogP contribution in [0.15, 0.2) is 42.5 Å². The third kappa shape index (κ3) is 3.16. The molecular weight excluding hydrogens is 382 g/mol. The lowest BCUT2D eigenvalue weighted by atomic mass is 10.0. The molecule has 2 aliphatic rings. The lowest BCUT2D eigenvalue weighted by Gasteiger charge is -2.36. The van der Waals surface area contributed by atoms with Crippen LogP contribution in [0.5, 0.6) is 5.75 Å². The van der Waals surface area contributed by atoms with Gasteiger partial charge in [0.05, 0.1) is 45.1 Å². The van der Waals surface area contributed by atoms with Crippen LogP contribution in [0.2, 0.25) is 0 Å². The number of fused-ring (bicyclic) bond motifs is 3. The molecule has 7 nitrogen and oxygen atoms in total. The Hall–Kier alpha value is -3.16. The van der Waals surface area contributed by atoms with Gasteiger partial charge < -0.3 is 24.8 Å². The summed E-state index contributed by atoms with van der Waals surface area (Å²) in [4.78, 5) is 19.8. The molecule has 30 heavy (non-hydrogen) atoms. The van der Waals surface area contributed by atoms with Gasteiger partial charge in [-0.05, 0) is 41.5 Å². The third-order valence-corrected chi connectivity index (χ3v) is 5.87. The summed E-state index contributed by atoms with van der Waals surface area (Å²) >= 11 is 0. The van der Waals surface area contributed by atoms with E-state index in [0.717, 1.165) is 33.3 Å². The minimum Gasteiger partial charge on any atom is -0.497 e. The number of ether oxygens (including phenoxy) is 3. The Balaban J connectivity index is 1.50. The highest BCUT2D eigenvalue weighted by Gasteiger charge is 2.30. The smallest absolute Gasteiger partial charge is 0.254 e. The van der Waals surface area contributed by atoms with E-state index in [1.807, 2.05) is 47.4 Å². The van der Waals surface area contributed by atoms with Crippen molar-refractivity contribution in [1.29, 1.82) is 0 Å². The van der Waals surface area contributed by atoms with Crippen molar-refractivity contribution in [1.82, 2.24) is 9.88 Å². The number of nitrogens with two attached hydrogens (primary N) is 1. The highest BCUT2D eigenvalue weighted by molar-refractivity contribution is 5.99. The van der Waals surface area contributed by atoms with Crippen LogP contribution in [0.1, 0.15) is 33.1 Å². The zero-order valence-corrected chi connectivity index (χ0v) is 16.8. The van der Waals surface area contributed by atoms with E-state index >= 15 is 0 Å². The standard InChI is InChI=1S/C23H23N3O4/c1-28-16-5-2-14(3-6-16)21-13-29-9-8-26(21)23(27)15-4-7-20-17(10-15)18-11-30-12-19(18)22(24)25-20/h2-7,10,21H,8-9,11-13H2,1H3,(H2,24,25). The molecule has 2 aliphatic heterocycles. The van der Waals surface area contributed by atoms with Crippen molar-refractivity contribution < 1.29 is 19.0 Å². The van der Waals surface area contributed by atoms with Gasteiger partial charge in [0.1, 0.15) is 11.6 Å². The molecule has 2 N–H and O–H groups in total. The SMILES string of the molecule is COc1ccc(C2COCCN2C(=O)c2ccc3nc(N)c4c(c3c2)COC4)cc1. The maximum Gasteiger partial charge on any atom is 0.254 e. The van der Waals surface area contributed by atoms with E-state index in [1.165, 1.54) is 0 Å². The number of hydrogen-bond acceptors (Lipinski definition) is 6. The number of nitrogens with zero attached hydrogens (tertiary/aromatic N) is 2. The Morgan fingerprint density at radius 2 is 1.93 bits per heavy atom. The first-order valence-electron chi connectivity index (χ1n) is 9.97. The number of rotatable bonds is 3. The van der Waals surface area contributed by atoms with E-state index < -0.39 is 0 Å². The second-order valence-electron chi connectivity index (χ2n) is 7.54. The Morgan fingerprint density at radius 1 is 1.13 bits per heavy atom. The summed E-state index contributed by atoms with van der Waals surface area (Å²) in [6.45, 7) is 2.47. The number of aromatic nitrogens is 1. The van der Waals surface area contributed by atoms with E-state index in [-0.39, 0.29) is 11.9 Å². The molecule has 0 saturated carbocycles. The summed E-state index contributed by atoms with van der Waals surface area (Å²) in [7, 11) is 1.64. The molecule has 0 bridgehead atoms. The average molecular weight is 405 g/mol. The van der Waals surface area contributed by atoms with Crippen molar-refractivity contribution >= 4 is 22.6 Å². The summed E-state index contributed by atoms with van der Waals surface area (Å²) in [5, 5.41) is 0.928. The second-order valence-corrected chi connectivity index (χ2v) is 7.54. The van der Waals surface area contributed by atoms with Crippen LogP contribution in [-0.4, -0.2) is 42.7 Å². The Bertz CT molecular complexity index is 1110. The number of carbonyl (C=O) groups excluding carboxylic acids is 1. The highest BCUT2D eigenvalue weighted by Crippen LogP contribution is 2.33. The van der Waals surface area contributed by atoms with E-state index in [4.69, 9.17) is 19.9 Å². The van der Waals surface area contributed by atoms with Crippen molar-refractivity contribution in [2.24, 2.45) is 0 Å².